The Hall–Kier alpha value is -1.77. The molecule has 3 atom stereocenters. The zero-order valence-corrected chi connectivity index (χ0v) is 12.2. The van der Waals surface area contributed by atoms with Gasteiger partial charge in [-0.3, -0.25) is 4.79 Å². The minimum absolute atomic E-state index is 0.130. The van der Waals surface area contributed by atoms with Gasteiger partial charge in [0.15, 0.2) is 0 Å². The SMILES string of the molecule is C=CC[C@@H]1C(=O)O[C@H](c2ccoc2)C[C@H]1C(C)(C)C=C. The first kappa shape index (κ1) is 14.6. The van der Waals surface area contributed by atoms with Crippen LogP contribution in [0, 0.1) is 17.3 Å². The molecule has 1 aromatic rings. The Morgan fingerprint density at radius 3 is 2.75 bits per heavy atom. The van der Waals surface area contributed by atoms with Crippen molar-refractivity contribution in [2.24, 2.45) is 17.3 Å². The largest absolute Gasteiger partial charge is 0.472 e. The Morgan fingerprint density at radius 1 is 1.45 bits per heavy atom. The fourth-order valence-corrected chi connectivity index (χ4v) is 2.91. The second-order valence-corrected chi connectivity index (χ2v) is 5.98. The standard InChI is InChI=1S/C17H22O3/c1-5-7-13-14(17(3,4)6-2)10-15(20-16(13)18)12-8-9-19-11-12/h5-6,8-9,11,13-15H,1-2,7,10H2,3-4H3/t13-,14+,15-/m0/s1. The molecule has 0 N–H and O–H groups in total. The summed E-state index contributed by atoms with van der Waals surface area (Å²) in [6.45, 7) is 11.9. The van der Waals surface area contributed by atoms with E-state index in [0.29, 0.717) is 6.42 Å². The third-order valence-electron chi connectivity index (χ3n) is 4.33. The fraction of sp³-hybridized carbons (Fsp3) is 0.471. The molecule has 0 unspecified atom stereocenters. The van der Waals surface area contributed by atoms with E-state index in [-0.39, 0.29) is 29.3 Å². The number of hydrogen-bond acceptors (Lipinski definition) is 3. The summed E-state index contributed by atoms with van der Waals surface area (Å²) in [5, 5.41) is 0. The van der Waals surface area contributed by atoms with Crippen LogP contribution in [0.25, 0.3) is 0 Å². The second-order valence-electron chi connectivity index (χ2n) is 5.98. The van der Waals surface area contributed by atoms with Crippen LogP contribution >= 0.6 is 0 Å². The van der Waals surface area contributed by atoms with Gasteiger partial charge >= 0.3 is 5.97 Å². The Labute approximate surface area is 120 Å². The van der Waals surface area contributed by atoms with Gasteiger partial charge in [0, 0.05) is 5.56 Å². The zero-order valence-electron chi connectivity index (χ0n) is 12.2. The lowest BCUT2D eigenvalue weighted by atomic mass is 9.67. The maximum absolute atomic E-state index is 12.3. The number of esters is 1. The lowest BCUT2D eigenvalue weighted by molar-refractivity contribution is -0.169. The fourth-order valence-electron chi connectivity index (χ4n) is 2.91. The van der Waals surface area contributed by atoms with E-state index in [0.717, 1.165) is 12.0 Å². The summed E-state index contributed by atoms with van der Waals surface area (Å²) >= 11 is 0. The molecular formula is C17H22O3. The van der Waals surface area contributed by atoms with Gasteiger partial charge in [0.1, 0.15) is 6.10 Å². The zero-order chi connectivity index (χ0) is 14.8. The highest BCUT2D eigenvalue weighted by Crippen LogP contribution is 2.46. The van der Waals surface area contributed by atoms with E-state index < -0.39 is 0 Å². The summed E-state index contributed by atoms with van der Waals surface area (Å²) in [6.07, 6.45) is 8.15. The lowest BCUT2D eigenvalue weighted by Crippen LogP contribution is -2.40. The highest BCUT2D eigenvalue weighted by atomic mass is 16.5. The van der Waals surface area contributed by atoms with E-state index in [4.69, 9.17) is 9.15 Å². The van der Waals surface area contributed by atoms with Crippen molar-refractivity contribution in [3.05, 3.63) is 49.5 Å². The van der Waals surface area contributed by atoms with Crippen LogP contribution in [-0.4, -0.2) is 5.97 Å². The van der Waals surface area contributed by atoms with Crippen LogP contribution < -0.4 is 0 Å². The van der Waals surface area contributed by atoms with E-state index in [1.807, 2.05) is 12.1 Å². The van der Waals surface area contributed by atoms with Crippen LogP contribution in [0.2, 0.25) is 0 Å². The molecule has 108 valence electrons. The highest BCUT2D eigenvalue weighted by Gasteiger charge is 2.44. The maximum atomic E-state index is 12.3. The van der Waals surface area contributed by atoms with E-state index in [1.165, 1.54) is 0 Å². The van der Waals surface area contributed by atoms with Gasteiger partial charge in [0.25, 0.3) is 0 Å². The smallest absolute Gasteiger partial charge is 0.310 e. The molecule has 0 radical (unpaired) electrons. The molecule has 3 heteroatoms. The van der Waals surface area contributed by atoms with E-state index >= 15 is 0 Å². The number of carbonyl (C=O) groups is 1. The number of rotatable bonds is 5. The van der Waals surface area contributed by atoms with Gasteiger partial charge in [-0.2, -0.15) is 0 Å². The van der Waals surface area contributed by atoms with Gasteiger partial charge in [-0.15, -0.1) is 13.2 Å². The molecule has 0 spiro atoms. The summed E-state index contributed by atoms with van der Waals surface area (Å²) in [4.78, 5) is 12.3. The summed E-state index contributed by atoms with van der Waals surface area (Å²) in [5.41, 5.74) is 0.787. The van der Waals surface area contributed by atoms with Gasteiger partial charge in [-0.25, -0.2) is 0 Å². The molecule has 0 bridgehead atoms. The molecule has 1 aromatic heterocycles. The molecule has 1 saturated heterocycles. The molecule has 1 fully saturated rings. The minimum Gasteiger partial charge on any atom is -0.472 e. The van der Waals surface area contributed by atoms with Crippen LogP contribution in [0.1, 0.15) is 38.4 Å². The summed E-state index contributed by atoms with van der Waals surface area (Å²) in [5.74, 6) is -0.120. The lowest BCUT2D eigenvalue weighted by Gasteiger charge is -2.42. The molecule has 2 heterocycles. The molecule has 0 aromatic carbocycles. The van der Waals surface area contributed by atoms with Gasteiger partial charge in [-0.05, 0) is 30.2 Å². The third kappa shape index (κ3) is 2.72. The van der Waals surface area contributed by atoms with Crippen LogP contribution in [0.5, 0.6) is 0 Å². The molecule has 1 aliphatic rings. The topological polar surface area (TPSA) is 39.4 Å². The Balaban J connectivity index is 2.29. The number of furan rings is 1. The summed E-state index contributed by atoms with van der Waals surface area (Å²) in [7, 11) is 0. The quantitative estimate of drug-likeness (QED) is 0.594. The predicted molar refractivity (Wildman–Crippen MR) is 77.9 cm³/mol. The van der Waals surface area contributed by atoms with Crippen LogP contribution in [-0.2, 0) is 9.53 Å². The van der Waals surface area contributed by atoms with E-state index in [9.17, 15) is 4.79 Å². The Bertz CT molecular complexity index is 484. The second kappa shape index (κ2) is 5.70. The Morgan fingerprint density at radius 2 is 2.20 bits per heavy atom. The van der Waals surface area contributed by atoms with Crippen molar-refractivity contribution in [3.63, 3.8) is 0 Å². The molecular weight excluding hydrogens is 252 g/mol. The molecule has 3 nitrogen and oxygen atoms in total. The van der Waals surface area contributed by atoms with Gasteiger partial charge < -0.3 is 9.15 Å². The van der Waals surface area contributed by atoms with E-state index in [1.54, 1.807) is 18.6 Å². The van der Waals surface area contributed by atoms with Crippen molar-refractivity contribution in [2.75, 3.05) is 0 Å². The first-order valence-corrected chi connectivity index (χ1v) is 6.96. The number of ether oxygens (including phenoxy) is 1. The van der Waals surface area contributed by atoms with Crippen LogP contribution in [0.3, 0.4) is 0 Å². The molecule has 2 rings (SSSR count). The van der Waals surface area contributed by atoms with Crippen molar-refractivity contribution in [1.29, 1.82) is 0 Å². The van der Waals surface area contributed by atoms with Crippen molar-refractivity contribution in [3.8, 4) is 0 Å². The number of cyclic esters (lactones) is 1. The van der Waals surface area contributed by atoms with Gasteiger partial charge in [-0.1, -0.05) is 26.0 Å². The van der Waals surface area contributed by atoms with Gasteiger partial charge in [0.05, 0.1) is 18.4 Å². The molecule has 20 heavy (non-hydrogen) atoms. The van der Waals surface area contributed by atoms with E-state index in [2.05, 4.69) is 27.0 Å². The maximum Gasteiger partial charge on any atom is 0.310 e. The minimum atomic E-state index is -0.230. The number of allylic oxidation sites excluding steroid dienone is 2. The number of hydrogen-bond donors (Lipinski definition) is 0. The van der Waals surface area contributed by atoms with Crippen molar-refractivity contribution < 1.29 is 13.9 Å². The highest BCUT2D eigenvalue weighted by molar-refractivity contribution is 5.74. The van der Waals surface area contributed by atoms with Crippen molar-refractivity contribution in [2.45, 2.75) is 32.8 Å². The molecule has 0 aliphatic carbocycles. The average Bonchev–Trinajstić information content (AvgIpc) is 2.94. The third-order valence-corrected chi connectivity index (χ3v) is 4.33. The molecule has 0 saturated carbocycles. The molecule has 1 aliphatic heterocycles. The Kier molecular flexibility index (Phi) is 4.17. The normalized spacial score (nSPS) is 26.9. The monoisotopic (exact) mass is 274 g/mol. The predicted octanol–water partition coefficient (Wildman–Crippen LogP) is 4.29. The van der Waals surface area contributed by atoms with Crippen molar-refractivity contribution >= 4 is 5.97 Å². The number of carbonyl (C=O) groups excluding carboxylic acids is 1. The molecule has 0 amide bonds. The summed E-state index contributed by atoms with van der Waals surface area (Å²) in [6, 6.07) is 1.85. The van der Waals surface area contributed by atoms with Crippen LogP contribution in [0.15, 0.2) is 48.3 Å². The first-order valence-electron chi connectivity index (χ1n) is 6.96. The van der Waals surface area contributed by atoms with Crippen molar-refractivity contribution in [1.82, 2.24) is 0 Å². The van der Waals surface area contributed by atoms with Gasteiger partial charge in [0.2, 0.25) is 0 Å². The average molecular weight is 274 g/mol. The summed E-state index contributed by atoms with van der Waals surface area (Å²) < 4.78 is 10.7. The van der Waals surface area contributed by atoms with Crippen LogP contribution in [0.4, 0.5) is 0 Å². The first-order chi connectivity index (χ1) is 9.49.